The van der Waals surface area contributed by atoms with E-state index in [1.807, 2.05) is 38.1 Å². The second-order valence-corrected chi connectivity index (χ2v) is 3.81. The van der Waals surface area contributed by atoms with E-state index >= 15 is 0 Å². The van der Waals surface area contributed by atoms with Crippen LogP contribution in [0.2, 0.25) is 0 Å². The first-order valence-corrected chi connectivity index (χ1v) is 5.16. The van der Waals surface area contributed by atoms with Crippen molar-refractivity contribution in [1.82, 2.24) is 0 Å². The van der Waals surface area contributed by atoms with Crippen molar-refractivity contribution in [2.24, 2.45) is 0 Å². The fraction of sp³-hybridized carbons (Fsp3) is 0.308. The highest BCUT2D eigenvalue weighted by molar-refractivity contribution is 5.69. The maximum atomic E-state index is 10.7. The van der Waals surface area contributed by atoms with Gasteiger partial charge in [-0.3, -0.25) is 4.79 Å². The Morgan fingerprint density at radius 3 is 2.25 bits per heavy atom. The number of anilines is 1. The molecule has 2 N–H and O–H groups in total. The summed E-state index contributed by atoms with van der Waals surface area (Å²) in [6, 6.07) is 7.64. The van der Waals surface area contributed by atoms with Crippen LogP contribution in [0, 0.1) is 0 Å². The third-order valence-electron chi connectivity index (χ3n) is 2.48. The molecule has 0 heterocycles. The van der Waals surface area contributed by atoms with Crippen molar-refractivity contribution in [3.63, 3.8) is 0 Å². The summed E-state index contributed by atoms with van der Waals surface area (Å²) in [7, 11) is 0. The monoisotopic (exact) mass is 219 g/mol. The molecule has 0 amide bonds. The second-order valence-electron chi connectivity index (χ2n) is 3.81. The van der Waals surface area contributed by atoms with Gasteiger partial charge in [0.25, 0.3) is 0 Å². The zero-order chi connectivity index (χ0) is 12.1. The minimum absolute atomic E-state index is 0.260. The van der Waals surface area contributed by atoms with Crippen LogP contribution in [0.25, 0.3) is 5.57 Å². The van der Waals surface area contributed by atoms with Crippen molar-refractivity contribution in [3.8, 4) is 0 Å². The van der Waals surface area contributed by atoms with Crippen LogP contribution in [0.4, 0.5) is 5.69 Å². The highest BCUT2D eigenvalue weighted by Crippen LogP contribution is 2.19. The molecule has 0 aliphatic rings. The van der Waals surface area contributed by atoms with Gasteiger partial charge in [-0.1, -0.05) is 12.1 Å². The number of carbonyl (C=O) groups excluding carboxylic acids is 1. The number of benzene rings is 1. The normalized spacial score (nSPS) is 11.9. The first-order chi connectivity index (χ1) is 7.50. The van der Waals surface area contributed by atoms with Gasteiger partial charge in [0.05, 0.1) is 0 Å². The number of hydrogen-bond acceptors (Lipinski definition) is 3. The standard InChI is InChI=1S/C13H17NO2/c1-9(8-16-11(3)15)10(2)12-4-6-13(14)7-5-12/h4-7H,8,14H2,1-3H3/b10-9+. The first-order valence-electron chi connectivity index (χ1n) is 5.16. The number of hydrogen-bond donors (Lipinski definition) is 1. The van der Waals surface area contributed by atoms with Gasteiger partial charge in [-0.2, -0.15) is 0 Å². The molecule has 16 heavy (non-hydrogen) atoms. The van der Waals surface area contributed by atoms with Crippen molar-refractivity contribution in [2.75, 3.05) is 12.3 Å². The lowest BCUT2D eigenvalue weighted by Gasteiger charge is -2.08. The van der Waals surface area contributed by atoms with E-state index in [4.69, 9.17) is 10.5 Å². The summed E-state index contributed by atoms with van der Waals surface area (Å²) >= 11 is 0. The average molecular weight is 219 g/mol. The molecule has 0 spiro atoms. The quantitative estimate of drug-likeness (QED) is 0.628. The fourth-order valence-electron chi connectivity index (χ4n) is 1.30. The molecule has 0 aromatic heterocycles. The molecule has 86 valence electrons. The van der Waals surface area contributed by atoms with Crippen molar-refractivity contribution in [1.29, 1.82) is 0 Å². The van der Waals surface area contributed by atoms with Gasteiger partial charge in [0.2, 0.25) is 0 Å². The van der Waals surface area contributed by atoms with Gasteiger partial charge in [-0.15, -0.1) is 0 Å². The van der Waals surface area contributed by atoms with E-state index in [1.165, 1.54) is 6.92 Å². The minimum atomic E-state index is -0.260. The van der Waals surface area contributed by atoms with Gasteiger partial charge >= 0.3 is 5.97 Å². The van der Waals surface area contributed by atoms with Crippen molar-refractivity contribution >= 4 is 17.2 Å². The summed E-state index contributed by atoms with van der Waals surface area (Å²) < 4.78 is 4.95. The number of esters is 1. The van der Waals surface area contributed by atoms with Crippen LogP contribution in [0.1, 0.15) is 26.3 Å². The average Bonchev–Trinajstić information content (AvgIpc) is 2.26. The van der Waals surface area contributed by atoms with Crippen molar-refractivity contribution < 1.29 is 9.53 Å². The molecule has 1 rings (SSSR count). The summed E-state index contributed by atoms with van der Waals surface area (Å²) in [5, 5.41) is 0. The number of nitrogen functional groups attached to an aromatic ring is 1. The molecule has 1 aromatic carbocycles. The molecule has 0 radical (unpaired) electrons. The summed E-state index contributed by atoms with van der Waals surface area (Å²) in [5.74, 6) is -0.260. The highest BCUT2D eigenvalue weighted by atomic mass is 16.5. The Labute approximate surface area is 95.9 Å². The Kier molecular flexibility index (Phi) is 4.11. The smallest absolute Gasteiger partial charge is 0.302 e. The summed E-state index contributed by atoms with van der Waals surface area (Å²) in [4.78, 5) is 10.7. The van der Waals surface area contributed by atoms with Crippen LogP contribution in [0.3, 0.4) is 0 Å². The molecule has 0 aliphatic heterocycles. The lowest BCUT2D eigenvalue weighted by molar-refractivity contribution is -0.139. The Morgan fingerprint density at radius 1 is 1.19 bits per heavy atom. The zero-order valence-electron chi connectivity index (χ0n) is 9.91. The largest absolute Gasteiger partial charge is 0.461 e. The van der Waals surface area contributed by atoms with Crippen LogP contribution < -0.4 is 5.73 Å². The van der Waals surface area contributed by atoms with Gasteiger partial charge < -0.3 is 10.5 Å². The first kappa shape index (κ1) is 12.3. The minimum Gasteiger partial charge on any atom is -0.461 e. The number of ether oxygens (including phenoxy) is 1. The van der Waals surface area contributed by atoms with Crippen molar-refractivity contribution in [3.05, 3.63) is 35.4 Å². The molecule has 0 aliphatic carbocycles. The molecule has 0 saturated heterocycles. The SMILES string of the molecule is CC(=O)OC/C(C)=C(\C)c1ccc(N)cc1. The van der Waals surface area contributed by atoms with Gasteiger partial charge in [0.15, 0.2) is 0 Å². The van der Waals surface area contributed by atoms with Crippen LogP contribution in [-0.4, -0.2) is 12.6 Å². The Morgan fingerprint density at radius 2 is 1.75 bits per heavy atom. The van der Waals surface area contributed by atoms with E-state index in [-0.39, 0.29) is 5.97 Å². The second kappa shape index (κ2) is 5.35. The van der Waals surface area contributed by atoms with E-state index in [2.05, 4.69) is 0 Å². The van der Waals surface area contributed by atoms with Gasteiger partial charge in [-0.25, -0.2) is 0 Å². The molecule has 0 atom stereocenters. The van der Waals surface area contributed by atoms with Crippen LogP contribution >= 0.6 is 0 Å². The highest BCUT2D eigenvalue weighted by Gasteiger charge is 2.02. The number of carbonyl (C=O) groups is 1. The predicted octanol–water partition coefficient (Wildman–Crippen LogP) is 2.63. The lowest BCUT2D eigenvalue weighted by atomic mass is 10.0. The predicted molar refractivity (Wildman–Crippen MR) is 65.8 cm³/mol. The summed E-state index contributed by atoms with van der Waals surface area (Å²) in [6.45, 7) is 5.70. The lowest BCUT2D eigenvalue weighted by Crippen LogP contribution is -2.02. The third-order valence-corrected chi connectivity index (χ3v) is 2.48. The van der Waals surface area contributed by atoms with Gasteiger partial charge in [0.1, 0.15) is 6.61 Å². The molecule has 1 aromatic rings. The molecule has 0 saturated carbocycles. The molecule has 0 fully saturated rings. The number of nitrogens with two attached hydrogens (primary N) is 1. The van der Waals surface area contributed by atoms with E-state index in [0.717, 1.165) is 22.4 Å². The van der Waals surface area contributed by atoms with Crippen LogP contribution in [0.5, 0.6) is 0 Å². The molecular formula is C13H17NO2. The Hall–Kier alpha value is -1.77. The maximum Gasteiger partial charge on any atom is 0.302 e. The maximum absolute atomic E-state index is 10.7. The topological polar surface area (TPSA) is 52.3 Å². The number of rotatable bonds is 3. The Bertz CT molecular complexity index is 404. The molecule has 0 unspecified atom stereocenters. The van der Waals surface area contributed by atoms with Crippen LogP contribution in [0.15, 0.2) is 29.8 Å². The number of allylic oxidation sites excluding steroid dienone is 1. The fourth-order valence-corrected chi connectivity index (χ4v) is 1.30. The molecule has 3 heteroatoms. The van der Waals surface area contributed by atoms with E-state index < -0.39 is 0 Å². The zero-order valence-corrected chi connectivity index (χ0v) is 9.91. The van der Waals surface area contributed by atoms with E-state index in [9.17, 15) is 4.79 Å². The Balaban J connectivity index is 2.82. The third kappa shape index (κ3) is 3.42. The van der Waals surface area contributed by atoms with Crippen LogP contribution in [-0.2, 0) is 9.53 Å². The van der Waals surface area contributed by atoms with Gasteiger partial charge in [-0.05, 0) is 42.7 Å². The molecular weight excluding hydrogens is 202 g/mol. The van der Waals surface area contributed by atoms with E-state index in [1.54, 1.807) is 0 Å². The molecule has 0 bridgehead atoms. The molecule has 3 nitrogen and oxygen atoms in total. The van der Waals surface area contributed by atoms with Crippen molar-refractivity contribution in [2.45, 2.75) is 20.8 Å². The summed E-state index contributed by atoms with van der Waals surface area (Å²) in [6.07, 6.45) is 0. The van der Waals surface area contributed by atoms with Gasteiger partial charge in [0, 0.05) is 12.6 Å². The van der Waals surface area contributed by atoms with E-state index in [0.29, 0.717) is 6.61 Å². The summed E-state index contributed by atoms with van der Waals surface area (Å²) in [5.41, 5.74) is 9.61.